The summed E-state index contributed by atoms with van der Waals surface area (Å²) < 4.78 is 25.3. The molecule has 0 spiro atoms. The van der Waals surface area contributed by atoms with E-state index in [1.807, 2.05) is 38.1 Å². The summed E-state index contributed by atoms with van der Waals surface area (Å²) >= 11 is 0. The Kier molecular flexibility index (Phi) is 4.09. The Morgan fingerprint density at radius 1 is 1.21 bits per heavy atom. The summed E-state index contributed by atoms with van der Waals surface area (Å²) in [5.41, 5.74) is 3.83. The molecule has 0 saturated carbocycles. The van der Waals surface area contributed by atoms with Crippen LogP contribution in [0.2, 0.25) is 0 Å². The number of nitrogens with zero attached hydrogens (tertiary/aromatic N) is 1. The van der Waals surface area contributed by atoms with Crippen LogP contribution in [0.4, 0.5) is 11.4 Å². The molecule has 1 atom stereocenters. The van der Waals surface area contributed by atoms with Crippen LogP contribution in [0.25, 0.3) is 0 Å². The smallest absolute Gasteiger partial charge is 0.255 e. The molecule has 126 valence electrons. The van der Waals surface area contributed by atoms with Gasteiger partial charge in [0.1, 0.15) is 0 Å². The van der Waals surface area contributed by atoms with Crippen molar-refractivity contribution in [3.05, 3.63) is 59.2 Å². The fourth-order valence-corrected chi connectivity index (χ4v) is 4.42. The van der Waals surface area contributed by atoms with Gasteiger partial charge in [0.05, 0.1) is 11.9 Å². The first-order chi connectivity index (χ1) is 11.3. The summed E-state index contributed by atoms with van der Waals surface area (Å²) in [5.74, 6) is -0.197. The maximum atomic E-state index is 12.5. The predicted molar refractivity (Wildman–Crippen MR) is 96.1 cm³/mol. The lowest BCUT2D eigenvalue weighted by Gasteiger charge is -2.21. The summed E-state index contributed by atoms with van der Waals surface area (Å²) in [6.45, 7) is 3.80. The summed E-state index contributed by atoms with van der Waals surface area (Å²) in [6.07, 6.45) is 1.81. The number of carbonyl (C=O) groups is 1. The molecule has 6 heteroatoms. The molecule has 24 heavy (non-hydrogen) atoms. The van der Waals surface area contributed by atoms with Crippen LogP contribution in [0, 0.1) is 6.92 Å². The molecule has 3 rings (SSSR count). The van der Waals surface area contributed by atoms with Crippen molar-refractivity contribution in [2.75, 3.05) is 15.9 Å². The Labute approximate surface area is 142 Å². The zero-order valence-corrected chi connectivity index (χ0v) is 14.7. The molecule has 5 nitrogen and oxygen atoms in total. The molecule has 0 unspecified atom stereocenters. The standard InChI is InChI=1S/C18H20N2O3S/c1-12-6-4-5-7-16(12)19-18(21)14-8-9-17-15(11-14)10-13(2)20(17)24(3,22)23/h4-9,11,13H,10H2,1-3H3,(H,19,21)/t13-/m1/s1. The van der Waals surface area contributed by atoms with E-state index in [2.05, 4.69) is 5.32 Å². The van der Waals surface area contributed by atoms with E-state index in [1.54, 1.807) is 18.2 Å². The molecule has 1 N–H and O–H groups in total. The normalized spacial score (nSPS) is 16.8. The number of rotatable bonds is 3. The van der Waals surface area contributed by atoms with E-state index in [1.165, 1.54) is 10.6 Å². The van der Waals surface area contributed by atoms with E-state index in [-0.39, 0.29) is 11.9 Å². The molecule has 1 aliphatic rings. The van der Waals surface area contributed by atoms with Crippen LogP contribution in [0.3, 0.4) is 0 Å². The molecule has 0 radical (unpaired) electrons. The number of hydrogen-bond donors (Lipinski definition) is 1. The summed E-state index contributed by atoms with van der Waals surface area (Å²) in [4.78, 5) is 12.5. The maximum Gasteiger partial charge on any atom is 0.255 e. The van der Waals surface area contributed by atoms with Gasteiger partial charge in [-0.2, -0.15) is 0 Å². The average molecular weight is 344 g/mol. The lowest BCUT2D eigenvalue weighted by Crippen LogP contribution is -2.34. The van der Waals surface area contributed by atoms with Crippen molar-refractivity contribution in [3.63, 3.8) is 0 Å². The topological polar surface area (TPSA) is 66.5 Å². The minimum atomic E-state index is -3.32. The lowest BCUT2D eigenvalue weighted by atomic mass is 10.1. The Balaban J connectivity index is 1.89. The molecule has 0 bridgehead atoms. The highest BCUT2D eigenvalue weighted by Gasteiger charge is 2.32. The van der Waals surface area contributed by atoms with Gasteiger partial charge in [0.15, 0.2) is 0 Å². The van der Waals surface area contributed by atoms with Crippen LogP contribution >= 0.6 is 0 Å². The molecule has 1 amide bonds. The summed E-state index contributed by atoms with van der Waals surface area (Å²) in [6, 6.07) is 12.6. The second kappa shape index (κ2) is 5.94. The van der Waals surface area contributed by atoms with Gasteiger partial charge < -0.3 is 5.32 Å². The maximum absolute atomic E-state index is 12.5. The molecule has 0 fully saturated rings. The average Bonchev–Trinajstić information content (AvgIpc) is 2.84. The van der Waals surface area contributed by atoms with E-state index in [4.69, 9.17) is 0 Å². The number of anilines is 2. The van der Waals surface area contributed by atoms with Gasteiger partial charge in [-0.05, 0) is 55.7 Å². The van der Waals surface area contributed by atoms with E-state index in [0.29, 0.717) is 17.7 Å². The minimum absolute atomic E-state index is 0.135. The number of nitrogens with one attached hydrogen (secondary N) is 1. The van der Waals surface area contributed by atoms with Crippen molar-refractivity contribution in [1.29, 1.82) is 0 Å². The first kappa shape index (κ1) is 16.5. The molecule has 0 aliphatic carbocycles. The Morgan fingerprint density at radius 2 is 1.92 bits per heavy atom. The van der Waals surface area contributed by atoms with Crippen molar-refractivity contribution in [1.82, 2.24) is 0 Å². The molecule has 2 aromatic rings. The van der Waals surface area contributed by atoms with Crippen LogP contribution in [-0.4, -0.2) is 26.6 Å². The van der Waals surface area contributed by atoms with Gasteiger partial charge >= 0.3 is 0 Å². The quantitative estimate of drug-likeness (QED) is 0.931. The molecular weight excluding hydrogens is 324 g/mol. The monoisotopic (exact) mass is 344 g/mol. The Morgan fingerprint density at radius 3 is 2.58 bits per heavy atom. The van der Waals surface area contributed by atoms with Gasteiger partial charge in [0.2, 0.25) is 10.0 Å². The summed E-state index contributed by atoms with van der Waals surface area (Å²) in [5, 5.41) is 2.90. The SMILES string of the molecule is Cc1ccccc1NC(=O)c1ccc2c(c1)C[C@@H](C)N2S(C)(=O)=O. The predicted octanol–water partition coefficient (Wildman–Crippen LogP) is 2.96. The number of aryl methyl sites for hydroxylation is 1. The van der Waals surface area contributed by atoms with Gasteiger partial charge in [-0.1, -0.05) is 18.2 Å². The number of para-hydroxylation sites is 1. The van der Waals surface area contributed by atoms with E-state index in [9.17, 15) is 13.2 Å². The molecular formula is C18H20N2O3S. The van der Waals surface area contributed by atoms with Crippen LogP contribution in [0.5, 0.6) is 0 Å². The van der Waals surface area contributed by atoms with Crippen LogP contribution in [0.1, 0.15) is 28.4 Å². The fourth-order valence-electron chi connectivity index (χ4n) is 3.16. The van der Waals surface area contributed by atoms with E-state index in [0.717, 1.165) is 16.8 Å². The highest BCUT2D eigenvalue weighted by Crippen LogP contribution is 2.34. The van der Waals surface area contributed by atoms with Gasteiger partial charge in [-0.15, -0.1) is 0 Å². The lowest BCUT2D eigenvalue weighted by molar-refractivity contribution is 0.102. The number of carbonyl (C=O) groups excluding carboxylic acids is 1. The van der Waals surface area contributed by atoms with Crippen LogP contribution < -0.4 is 9.62 Å². The molecule has 1 heterocycles. The zero-order chi connectivity index (χ0) is 17.5. The number of hydrogen-bond acceptors (Lipinski definition) is 3. The van der Waals surface area contributed by atoms with E-state index >= 15 is 0 Å². The minimum Gasteiger partial charge on any atom is -0.322 e. The zero-order valence-electron chi connectivity index (χ0n) is 13.9. The number of benzene rings is 2. The van der Waals surface area contributed by atoms with Gasteiger partial charge in [0.25, 0.3) is 5.91 Å². The van der Waals surface area contributed by atoms with Crippen molar-refractivity contribution in [3.8, 4) is 0 Å². The molecule has 0 saturated heterocycles. The highest BCUT2D eigenvalue weighted by molar-refractivity contribution is 7.92. The van der Waals surface area contributed by atoms with Crippen molar-refractivity contribution in [2.24, 2.45) is 0 Å². The second-order valence-corrected chi connectivity index (χ2v) is 8.08. The number of sulfonamides is 1. The molecule has 1 aliphatic heterocycles. The van der Waals surface area contributed by atoms with Crippen molar-refractivity contribution in [2.45, 2.75) is 26.3 Å². The Hall–Kier alpha value is -2.34. The third-order valence-corrected chi connectivity index (χ3v) is 5.52. The number of fused-ring (bicyclic) bond motifs is 1. The third kappa shape index (κ3) is 3.01. The molecule has 2 aromatic carbocycles. The Bertz CT molecular complexity index is 906. The van der Waals surface area contributed by atoms with Crippen molar-refractivity contribution < 1.29 is 13.2 Å². The summed E-state index contributed by atoms with van der Waals surface area (Å²) in [7, 11) is -3.32. The largest absolute Gasteiger partial charge is 0.322 e. The first-order valence-electron chi connectivity index (χ1n) is 7.76. The first-order valence-corrected chi connectivity index (χ1v) is 9.61. The fraction of sp³-hybridized carbons (Fsp3) is 0.278. The number of amides is 1. The van der Waals surface area contributed by atoms with Crippen LogP contribution in [0.15, 0.2) is 42.5 Å². The van der Waals surface area contributed by atoms with Crippen molar-refractivity contribution >= 4 is 27.3 Å². The molecule has 0 aromatic heterocycles. The second-order valence-electron chi connectivity index (χ2n) is 6.22. The van der Waals surface area contributed by atoms with Crippen LogP contribution in [-0.2, 0) is 16.4 Å². The highest BCUT2D eigenvalue weighted by atomic mass is 32.2. The third-order valence-electron chi connectivity index (χ3n) is 4.25. The van der Waals surface area contributed by atoms with Gasteiger partial charge in [-0.3, -0.25) is 9.10 Å². The van der Waals surface area contributed by atoms with Gasteiger partial charge in [0, 0.05) is 17.3 Å². The van der Waals surface area contributed by atoms with Gasteiger partial charge in [-0.25, -0.2) is 8.42 Å². The van der Waals surface area contributed by atoms with E-state index < -0.39 is 10.0 Å².